The highest BCUT2D eigenvalue weighted by molar-refractivity contribution is 6.64. The normalized spacial score (nSPS) is 12.4. The lowest BCUT2D eigenvalue weighted by atomic mass is 9.73. The largest absolute Gasteiger partial charge is 0.636 e. The van der Waals surface area contributed by atoms with Crippen molar-refractivity contribution in [2.75, 3.05) is 0 Å². The average Bonchev–Trinajstić information content (AvgIpc) is 3.52. The van der Waals surface area contributed by atoms with Gasteiger partial charge in [-0.05, 0) is 35.7 Å². The van der Waals surface area contributed by atoms with Gasteiger partial charge in [0.15, 0.2) is 98.8 Å². The van der Waals surface area contributed by atoms with Crippen molar-refractivity contribution in [1.29, 1.82) is 0 Å². The van der Waals surface area contributed by atoms with Crippen molar-refractivity contribution in [2.24, 2.45) is 0 Å². The zero-order chi connectivity index (χ0) is 39.0. The summed E-state index contributed by atoms with van der Waals surface area (Å²) in [6.45, 7) is 0. The van der Waals surface area contributed by atoms with Crippen molar-refractivity contribution in [2.45, 2.75) is 6.42 Å². The SMILES string of the molecule is Fc1ccc(OB(Oc2c(F)c(F)c3c(F)c(F)c4c(F)c(F)c(F)c5c(F)c(F)c2c3c45)c2c(F)c(F)c(F)c3c2Cc2ccc(F)c(F)c2-3)cc1F. The molecule has 0 unspecified atom stereocenters. The molecule has 2 nitrogen and oxygen atoms in total. The molecule has 8 rings (SSSR count). The lowest BCUT2D eigenvalue weighted by Crippen LogP contribution is -2.47. The molecule has 0 heterocycles. The maximum Gasteiger partial charge on any atom is 0.636 e. The molecule has 0 aromatic heterocycles. The monoisotopic (exact) mass is 774 g/mol. The van der Waals surface area contributed by atoms with E-state index in [4.69, 9.17) is 9.31 Å². The van der Waals surface area contributed by atoms with Crippen LogP contribution < -0.4 is 14.8 Å². The first-order valence-corrected chi connectivity index (χ1v) is 14.8. The first-order valence-electron chi connectivity index (χ1n) is 14.8. The standard InChI is InChI=1S/C35H7BF16O2/c37-10-4-2-8(6-12(10)39)53-36(21-9-5-7-1-3-11(38)22(40)13(7)14(9)23(41)33(51)31(21)49)54-35-20-16-15-17(24(42)25(43)19(16)29(47)34(35)52)27(45)32(50)28(46)18(15)26(44)30(20)48/h1-4,6H,5H2. The van der Waals surface area contributed by atoms with Crippen LogP contribution in [0.2, 0.25) is 0 Å². The molecule has 0 bridgehead atoms. The summed E-state index contributed by atoms with van der Waals surface area (Å²) in [5, 5.41) is -10.8. The molecule has 0 saturated carbocycles. The van der Waals surface area contributed by atoms with Crippen molar-refractivity contribution in [3.63, 3.8) is 0 Å². The molecule has 54 heavy (non-hydrogen) atoms. The Morgan fingerprint density at radius 1 is 0.389 bits per heavy atom. The molecule has 0 saturated heterocycles. The number of fused-ring (bicyclic) bond motifs is 3. The van der Waals surface area contributed by atoms with Gasteiger partial charge in [-0.15, -0.1) is 0 Å². The first kappa shape index (κ1) is 35.2. The molecule has 0 atom stereocenters. The van der Waals surface area contributed by atoms with Crippen LogP contribution in [0.25, 0.3) is 43.4 Å². The number of hydrogen-bond donors (Lipinski definition) is 0. The number of rotatable bonds is 5. The highest BCUT2D eigenvalue weighted by Gasteiger charge is 2.44. The van der Waals surface area contributed by atoms with E-state index in [-0.39, 0.29) is 11.6 Å². The highest BCUT2D eigenvalue weighted by atomic mass is 19.2. The topological polar surface area (TPSA) is 18.5 Å². The lowest BCUT2D eigenvalue weighted by Gasteiger charge is -2.23. The molecule has 0 fully saturated rings. The third kappa shape index (κ3) is 4.52. The molecule has 1 aliphatic carbocycles. The van der Waals surface area contributed by atoms with Gasteiger partial charge in [-0.1, -0.05) is 6.07 Å². The van der Waals surface area contributed by atoms with E-state index in [0.29, 0.717) is 18.2 Å². The van der Waals surface area contributed by atoms with Crippen LogP contribution in [0.4, 0.5) is 70.2 Å². The molecule has 7 aromatic carbocycles. The molecule has 19 heteroatoms. The molecule has 0 radical (unpaired) electrons. The van der Waals surface area contributed by atoms with Crippen molar-refractivity contribution >= 4 is 44.9 Å². The van der Waals surface area contributed by atoms with Crippen molar-refractivity contribution in [1.82, 2.24) is 0 Å². The van der Waals surface area contributed by atoms with E-state index in [1.807, 2.05) is 0 Å². The van der Waals surface area contributed by atoms with Gasteiger partial charge < -0.3 is 9.31 Å². The van der Waals surface area contributed by atoms with Gasteiger partial charge in [0.2, 0.25) is 0 Å². The van der Waals surface area contributed by atoms with Crippen LogP contribution in [0.15, 0.2) is 30.3 Å². The summed E-state index contributed by atoms with van der Waals surface area (Å²) in [6.07, 6.45) is -0.834. The van der Waals surface area contributed by atoms with Crippen molar-refractivity contribution in [3.05, 3.63) is 135 Å². The predicted octanol–water partition coefficient (Wildman–Crippen LogP) is 10.2. The average molecular weight is 774 g/mol. The Morgan fingerprint density at radius 2 is 0.889 bits per heavy atom. The van der Waals surface area contributed by atoms with Gasteiger partial charge in [-0.25, -0.2) is 65.9 Å². The van der Waals surface area contributed by atoms with Gasteiger partial charge in [0.05, 0.1) is 27.0 Å². The van der Waals surface area contributed by atoms with E-state index >= 15 is 39.5 Å². The van der Waals surface area contributed by atoms with E-state index in [1.54, 1.807) is 0 Å². The number of benzene rings is 7. The van der Waals surface area contributed by atoms with E-state index in [2.05, 4.69) is 0 Å². The molecular formula is C35H7BF16O2. The van der Waals surface area contributed by atoms with Crippen LogP contribution >= 0.6 is 0 Å². The minimum atomic E-state index is -3.02. The van der Waals surface area contributed by atoms with Crippen LogP contribution in [0.1, 0.15) is 11.1 Å². The van der Waals surface area contributed by atoms with E-state index in [1.165, 1.54) is 0 Å². The zero-order valence-corrected chi connectivity index (χ0v) is 25.5. The Kier molecular flexibility index (Phi) is 7.69. The molecule has 1 aliphatic rings. The molecule has 0 spiro atoms. The Morgan fingerprint density at radius 3 is 1.48 bits per heavy atom. The highest BCUT2D eigenvalue weighted by Crippen LogP contribution is 2.49. The van der Waals surface area contributed by atoms with Gasteiger partial charge >= 0.3 is 7.12 Å². The summed E-state index contributed by atoms with van der Waals surface area (Å²) in [4.78, 5) is 0. The van der Waals surface area contributed by atoms with Crippen molar-refractivity contribution < 1.29 is 79.6 Å². The lowest BCUT2D eigenvalue weighted by molar-refractivity contribution is 0.399. The molecule has 0 N–H and O–H groups in total. The van der Waals surface area contributed by atoms with E-state index in [9.17, 15) is 30.7 Å². The summed E-state index contributed by atoms with van der Waals surface area (Å²) in [5.41, 5.74) is -4.77. The third-order valence-electron chi connectivity index (χ3n) is 9.04. The molecule has 0 aliphatic heterocycles. The van der Waals surface area contributed by atoms with Crippen LogP contribution in [0.3, 0.4) is 0 Å². The predicted molar refractivity (Wildman–Crippen MR) is 157 cm³/mol. The summed E-state index contributed by atoms with van der Waals surface area (Å²) in [7, 11) is -3.02. The van der Waals surface area contributed by atoms with Crippen LogP contribution in [-0.4, -0.2) is 7.12 Å². The fraction of sp³-hybridized carbons (Fsp3) is 0.0286. The Hall–Kier alpha value is -5.88. The maximum absolute atomic E-state index is 16.0. The van der Waals surface area contributed by atoms with Gasteiger partial charge in [-0.3, -0.25) is 0 Å². The summed E-state index contributed by atoms with van der Waals surface area (Å²) in [5.74, 6) is -39.4. The summed E-state index contributed by atoms with van der Waals surface area (Å²) >= 11 is 0. The third-order valence-corrected chi connectivity index (χ3v) is 9.04. The first-order chi connectivity index (χ1) is 25.5. The zero-order valence-electron chi connectivity index (χ0n) is 25.5. The number of halogens is 16. The Bertz CT molecular complexity index is 2820. The van der Waals surface area contributed by atoms with Gasteiger partial charge in [0.1, 0.15) is 5.75 Å². The molecular weight excluding hydrogens is 767 g/mol. The maximum atomic E-state index is 16.0. The Labute approximate surface area is 288 Å². The fourth-order valence-electron chi connectivity index (χ4n) is 6.74. The van der Waals surface area contributed by atoms with Gasteiger partial charge in [0, 0.05) is 28.0 Å². The van der Waals surface area contributed by atoms with Crippen molar-refractivity contribution in [3.8, 4) is 22.6 Å². The van der Waals surface area contributed by atoms with E-state index in [0.717, 1.165) is 6.07 Å². The number of hydrogen-bond acceptors (Lipinski definition) is 2. The van der Waals surface area contributed by atoms with E-state index < -0.39 is 173 Å². The second-order valence-electron chi connectivity index (χ2n) is 11.8. The second-order valence-corrected chi connectivity index (χ2v) is 11.8. The second kappa shape index (κ2) is 11.8. The quantitative estimate of drug-likeness (QED) is 0.0751. The van der Waals surface area contributed by atoms with Gasteiger partial charge in [-0.2, -0.15) is 4.39 Å². The summed E-state index contributed by atoms with van der Waals surface area (Å²) in [6, 6.07) is 2.59. The summed E-state index contributed by atoms with van der Waals surface area (Å²) < 4.78 is 252. The molecule has 274 valence electrons. The van der Waals surface area contributed by atoms with Crippen LogP contribution in [0, 0.1) is 93.1 Å². The van der Waals surface area contributed by atoms with Crippen LogP contribution in [0.5, 0.6) is 11.5 Å². The molecule has 7 aromatic rings. The minimum absolute atomic E-state index is 0.215. The van der Waals surface area contributed by atoms with Gasteiger partial charge in [0.25, 0.3) is 0 Å². The Balaban J connectivity index is 1.48. The minimum Gasteiger partial charge on any atom is -0.522 e. The smallest absolute Gasteiger partial charge is 0.522 e. The molecule has 0 amide bonds. The van der Waals surface area contributed by atoms with Crippen LogP contribution in [-0.2, 0) is 6.42 Å². The fourth-order valence-corrected chi connectivity index (χ4v) is 6.74.